The number of carbonyl (C=O) groups excluding carboxylic acids is 1. The number of ether oxygens (including phenoxy) is 2. The number of hydrogen-bond acceptors (Lipinski definition) is 5. The zero-order chi connectivity index (χ0) is 20.5. The Labute approximate surface area is 171 Å². The van der Waals surface area contributed by atoms with Gasteiger partial charge in [0.15, 0.2) is 0 Å². The Balaban J connectivity index is 1.89. The zero-order valence-corrected chi connectivity index (χ0v) is 16.7. The lowest BCUT2D eigenvalue weighted by atomic mass is 9.88. The van der Waals surface area contributed by atoms with Crippen LogP contribution in [0.1, 0.15) is 32.5 Å². The van der Waals surface area contributed by atoms with E-state index in [1.807, 2.05) is 24.3 Å². The van der Waals surface area contributed by atoms with Gasteiger partial charge in [-0.05, 0) is 35.4 Å². The maximum Gasteiger partial charge on any atom is 0.346 e. The van der Waals surface area contributed by atoms with Gasteiger partial charge in [-0.25, -0.2) is 4.79 Å². The van der Waals surface area contributed by atoms with Gasteiger partial charge in [0.25, 0.3) is 0 Å². The Kier molecular flexibility index (Phi) is 4.98. The van der Waals surface area contributed by atoms with E-state index in [2.05, 4.69) is 5.32 Å². The number of aromatic carboxylic acids is 1. The molecule has 1 aliphatic heterocycles. The average molecular weight is 409 g/mol. The van der Waals surface area contributed by atoms with Crippen molar-refractivity contribution in [2.45, 2.75) is 12.3 Å². The predicted octanol–water partition coefficient (Wildman–Crippen LogP) is 4.60. The quantitative estimate of drug-likeness (QED) is 0.643. The molecule has 1 aliphatic rings. The van der Waals surface area contributed by atoms with Crippen LogP contribution in [-0.2, 0) is 4.79 Å². The van der Waals surface area contributed by atoms with E-state index in [4.69, 9.17) is 9.47 Å². The van der Waals surface area contributed by atoms with Gasteiger partial charge in [-0.15, -0.1) is 11.3 Å². The minimum Gasteiger partial charge on any atom is -0.497 e. The molecule has 2 heterocycles. The molecular formula is C22H19NO5S. The summed E-state index contributed by atoms with van der Waals surface area (Å²) in [7, 11) is 3.16. The second-order valence-corrected chi connectivity index (χ2v) is 7.71. The highest BCUT2D eigenvalue weighted by molar-refractivity contribution is 7.15. The number of carboxylic acid groups (broad SMARTS) is 1. The molecule has 2 aromatic carbocycles. The number of benzene rings is 2. The summed E-state index contributed by atoms with van der Waals surface area (Å²) in [5, 5.41) is 12.7. The first-order valence-corrected chi connectivity index (χ1v) is 9.81. The van der Waals surface area contributed by atoms with E-state index in [-0.39, 0.29) is 23.1 Å². The van der Waals surface area contributed by atoms with Crippen LogP contribution in [0.2, 0.25) is 0 Å². The number of fused-ring (bicyclic) bond motifs is 1. The minimum atomic E-state index is -1.02. The molecule has 1 atom stereocenters. The molecule has 0 fully saturated rings. The van der Waals surface area contributed by atoms with Crippen molar-refractivity contribution in [3.8, 4) is 22.6 Å². The standard InChI is InChI=1S/C22H19NO5S/c1-27-14-8-6-12(7-9-14)18-19-20(29-21(18)22(25)26)16(11-17(24)23-19)13-4-3-5-15(10-13)28-2/h3-10,16H,11H2,1-2H3,(H,23,24)(H,25,26). The van der Waals surface area contributed by atoms with Crippen molar-refractivity contribution in [3.05, 3.63) is 63.8 Å². The summed E-state index contributed by atoms with van der Waals surface area (Å²) in [5.74, 6) is -0.0268. The number of thiophene rings is 1. The molecule has 0 saturated carbocycles. The number of hydrogen-bond donors (Lipinski definition) is 2. The van der Waals surface area contributed by atoms with Crippen LogP contribution in [0.15, 0.2) is 48.5 Å². The van der Waals surface area contributed by atoms with E-state index >= 15 is 0 Å². The molecule has 0 spiro atoms. The topological polar surface area (TPSA) is 84.9 Å². The molecule has 0 aliphatic carbocycles. The third kappa shape index (κ3) is 3.45. The molecule has 6 nitrogen and oxygen atoms in total. The van der Waals surface area contributed by atoms with E-state index < -0.39 is 5.97 Å². The van der Waals surface area contributed by atoms with Gasteiger partial charge in [-0.1, -0.05) is 24.3 Å². The molecule has 4 rings (SSSR count). The van der Waals surface area contributed by atoms with Crippen LogP contribution in [0.3, 0.4) is 0 Å². The molecule has 1 unspecified atom stereocenters. The summed E-state index contributed by atoms with van der Waals surface area (Å²) in [4.78, 5) is 25.6. The van der Waals surface area contributed by atoms with Crippen molar-refractivity contribution in [1.82, 2.24) is 0 Å². The Morgan fingerprint density at radius 3 is 2.48 bits per heavy atom. The summed E-state index contributed by atoms with van der Waals surface area (Å²) in [6, 6.07) is 14.7. The smallest absolute Gasteiger partial charge is 0.346 e. The highest BCUT2D eigenvalue weighted by Crippen LogP contribution is 2.49. The van der Waals surface area contributed by atoms with Gasteiger partial charge in [0.2, 0.25) is 5.91 Å². The van der Waals surface area contributed by atoms with Gasteiger partial charge in [0.1, 0.15) is 16.4 Å². The van der Waals surface area contributed by atoms with Crippen molar-refractivity contribution in [3.63, 3.8) is 0 Å². The van der Waals surface area contributed by atoms with E-state index in [9.17, 15) is 14.7 Å². The molecule has 2 N–H and O–H groups in total. The number of amides is 1. The lowest BCUT2D eigenvalue weighted by molar-refractivity contribution is -0.116. The van der Waals surface area contributed by atoms with Crippen LogP contribution < -0.4 is 14.8 Å². The highest BCUT2D eigenvalue weighted by Gasteiger charge is 2.34. The SMILES string of the molecule is COc1ccc(-c2c(C(=O)O)sc3c2NC(=O)CC3c2cccc(OC)c2)cc1. The van der Waals surface area contributed by atoms with E-state index in [1.165, 1.54) is 11.3 Å². The maximum absolute atomic E-state index is 12.5. The second-order valence-electron chi connectivity index (χ2n) is 6.66. The van der Waals surface area contributed by atoms with Crippen LogP contribution in [-0.4, -0.2) is 31.2 Å². The Morgan fingerprint density at radius 2 is 1.83 bits per heavy atom. The summed E-state index contributed by atoms with van der Waals surface area (Å²) < 4.78 is 10.5. The first-order valence-electron chi connectivity index (χ1n) is 9.00. The fourth-order valence-corrected chi connectivity index (χ4v) is 4.84. The van der Waals surface area contributed by atoms with Gasteiger partial charge >= 0.3 is 5.97 Å². The number of rotatable bonds is 5. The van der Waals surface area contributed by atoms with Gasteiger partial charge in [0.05, 0.1) is 19.9 Å². The fraction of sp³-hybridized carbons (Fsp3) is 0.182. The summed E-state index contributed by atoms with van der Waals surface area (Å²) in [6.07, 6.45) is 0.252. The third-order valence-electron chi connectivity index (χ3n) is 4.98. The van der Waals surface area contributed by atoms with Gasteiger partial charge < -0.3 is 19.9 Å². The lowest BCUT2D eigenvalue weighted by Gasteiger charge is -2.24. The molecule has 1 amide bonds. The Hall–Kier alpha value is -3.32. The highest BCUT2D eigenvalue weighted by atomic mass is 32.1. The Morgan fingerprint density at radius 1 is 1.10 bits per heavy atom. The van der Waals surface area contributed by atoms with Crippen molar-refractivity contribution in [2.24, 2.45) is 0 Å². The molecule has 1 aromatic heterocycles. The predicted molar refractivity (Wildman–Crippen MR) is 111 cm³/mol. The molecule has 29 heavy (non-hydrogen) atoms. The second kappa shape index (κ2) is 7.60. The maximum atomic E-state index is 12.5. The summed E-state index contributed by atoms with van der Waals surface area (Å²) >= 11 is 1.21. The zero-order valence-electron chi connectivity index (χ0n) is 15.9. The number of carbonyl (C=O) groups is 2. The van der Waals surface area contributed by atoms with Crippen LogP contribution in [0.4, 0.5) is 5.69 Å². The monoisotopic (exact) mass is 409 g/mol. The largest absolute Gasteiger partial charge is 0.497 e. The number of nitrogens with one attached hydrogen (secondary N) is 1. The molecule has 0 saturated heterocycles. The molecule has 3 aromatic rings. The van der Waals surface area contributed by atoms with Crippen LogP contribution in [0.25, 0.3) is 11.1 Å². The first-order chi connectivity index (χ1) is 14.0. The molecule has 148 valence electrons. The van der Waals surface area contributed by atoms with E-state index in [0.29, 0.717) is 28.3 Å². The summed E-state index contributed by atoms with van der Waals surface area (Å²) in [6.45, 7) is 0. The first kappa shape index (κ1) is 19.0. The third-order valence-corrected chi connectivity index (χ3v) is 6.27. The fourth-order valence-electron chi connectivity index (χ4n) is 3.60. The average Bonchev–Trinajstić information content (AvgIpc) is 3.12. The molecule has 0 bridgehead atoms. The van der Waals surface area contributed by atoms with Crippen LogP contribution in [0.5, 0.6) is 11.5 Å². The van der Waals surface area contributed by atoms with Crippen molar-refractivity contribution < 1.29 is 24.2 Å². The van der Waals surface area contributed by atoms with Gasteiger partial charge in [-0.3, -0.25) is 4.79 Å². The number of anilines is 1. The van der Waals surface area contributed by atoms with Crippen LogP contribution in [0, 0.1) is 0 Å². The van der Waals surface area contributed by atoms with Crippen molar-refractivity contribution in [2.75, 3.05) is 19.5 Å². The van der Waals surface area contributed by atoms with Gasteiger partial charge in [-0.2, -0.15) is 0 Å². The number of methoxy groups -OCH3 is 2. The molecule has 7 heteroatoms. The molecule has 0 radical (unpaired) electrons. The normalized spacial score (nSPS) is 15.4. The summed E-state index contributed by atoms with van der Waals surface area (Å²) in [5.41, 5.74) is 2.73. The van der Waals surface area contributed by atoms with Crippen molar-refractivity contribution >= 4 is 28.9 Å². The van der Waals surface area contributed by atoms with Crippen LogP contribution >= 0.6 is 11.3 Å². The molecular weight excluding hydrogens is 390 g/mol. The van der Waals surface area contributed by atoms with E-state index in [1.54, 1.807) is 38.5 Å². The lowest BCUT2D eigenvalue weighted by Crippen LogP contribution is -2.22. The minimum absolute atomic E-state index is 0.144. The Bertz CT molecular complexity index is 1090. The van der Waals surface area contributed by atoms with E-state index in [0.717, 1.165) is 10.4 Å². The number of carboxylic acids is 1. The van der Waals surface area contributed by atoms with Gasteiger partial charge in [0, 0.05) is 22.8 Å². The van der Waals surface area contributed by atoms with Crippen molar-refractivity contribution in [1.29, 1.82) is 0 Å².